The van der Waals surface area contributed by atoms with Crippen molar-refractivity contribution in [3.8, 4) is 11.8 Å². The second-order valence-electron chi connectivity index (χ2n) is 5.94. The maximum absolute atomic E-state index is 12.5. The molecule has 0 bridgehead atoms. The molecule has 19 heavy (non-hydrogen) atoms. The number of benzene rings is 1. The van der Waals surface area contributed by atoms with Crippen LogP contribution in [0.4, 0.5) is 0 Å². The number of carbonyl (C=O) groups excluding carboxylic acids is 1. The summed E-state index contributed by atoms with van der Waals surface area (Å²) in [5.74, 6) is 0.834. The fourth-order valence-electron chi connectivity index (χ4n) is 2.85. The maximum atomic E-state index is 12.5. The van der Waals surface area contributed by atoms with Crippen LogP contribution in [-0.4, -0.2) is 12.9 Å². The Morgan fingerprint density at radius 3 is 2.63 bits per heavy atom. The van der Waals surface area contributed by atoms with Crippen molar-refractivity contribution < 1.29 is 9.53 Å². The van der Waals surface area contributed by atoms with Crippen LogP contribution in [-0.2, 0) is 11.2 Å². The van der Waals surface area contributed by atoms with Gasteiger partial charge in [0.1, 0.15) is 11.2 Å². The largest absolute Gasteiger partial charge is 0.497 e. The van der Waals surface area contributed by atoms with Gasteiger partial charge in [-0.15, -0.1) is 0 Å². The van der Waals surface area contributed by atoms with Gasteiger partial charge in [-0.05, 0) is 37.0 Å². The lowest BCUT2D eigenvalue weighted by molar-refractivity contribution is -0.130. The third kappa shape index (κ3) is 2.35. The Bertz CT molecular complexity index is 542. The van der Waals surface area contributed by atoms with Crippen LogP contribution in [0.25, 0.3) is 0 Å². The fraction of sp³-hybridized carbons (Fsp3) is 0.500. The second-order valence-corrected chi connectivity index (χ2v) is 5.94. The zero-order valence-electron chi connectivity index (χ0n) is 11.7. The van der Waals surface area contributed by atoms with Gasteiger partial charge in [0.15, 0.2) is 5.78 Å². The highest BCUT2D eigenvalue weighted by atomic mass is 16.5. The summed E-state index contributed by atoms with van der Waals surface area (Å²) in [7, 11) is 1.61. The van der Waals surface area contributed by atoms with Crippen molar-refractivity contribution in [1.29, 1.82) is 5.26 Å². The van der Waals surface area contributed by atoms with Crippen LogP contribution >= 0.6 is 0 Å². The van der Waals surface area contributed by atoms with Crippen LogP contribution < -0.4 is 4.74 Å². The molecule has 0 radical (unpaired) electrons. The maximum Gasteiger partial charge on any atom is 0.158 e. The highest BCUT2D eigenvalue weighted by Crippen LogP contribution is 2.47. The lowest BCUT2D eigenvalue weighted by Crippen LogP contribution is -2.33. The van der Waals surface area contributed by atoms with Gasteiger partial charge in [-0.25, -0.2) is 0 Å². The zero-order chi connectivity index (χ0) is 14.1. The summed E-state index contributed by atoms with van der Waals surface area (Å²) in [6.45, 7) is 3.86. The average molecular weight is 257 g/mol. The molecule has 0 spiro atoms. The van der Waals surface area contributed by atoms with E-state index in [0.29, 0.717) is 12.8 Å². The molecule has 1 aromatic carbocycles. The molecule has 1 unspecified atom stereocenters. The second kappa shape index (κ2) is 4.70. The van der Waals surface area contributed by atoms with Crippen molar-refractivity contribution in [2.45, 2.75) is 33.1 Å². The first-order chi connectivity index (χ1) is 8.93. The molecule has 1 aliphatic rings. The molecule has 1 fully saturated rings. The van der Waals surface area contributed by atoms with E-state index in [1.165, 1.54) is 0 Å². The van der Waals surface area contributed by atoms with Crippen molar-refractivity contribution in [2.24, 2.45) is 10.8 Å². The van der Waals surface area contributed by atoms with Crippen LogP contribution in [0.5, 0.6) is 5.75 Å². The monoisotopic (exact) mass is 257 g/mol. The van der Waals surface area contributed by atoms with Crippen molar-refractivity contribution in [3.05, 3.63) is 29.8 Å². The fourth-order valence-corrected chi connectivity index (χ4v) is 2.85. The number of Topliss-reactive ketones (excluding diaryl/α,β-unsaturated/α-hetero) is 1. The molecule has 0 aromatic heterocycles. The number of nitrogens with zero attached hydrogens (tertiary/aromatic N) is 1. The first-order valence-corrected chi connectivity index (χ1v) is 6.53. The van der Waals surface area contributed by atoms with E-state index >= 15 is 0 Å². The Morgan fingerprint density at radius 1 is 1.37 bits per heavy atom. The minimum atomic E-state index is -0.865. The van der Waals surface area contributed by atoms with Gasteiger partial charge in [0.25, 0.3) is 0 Å². The van der Waals surface area contributed by atoms with Gasteiger partial charge in [0.05, 0.1) is 13.2 Å². The predicted molar refractivity (Wildman–Crippen MR) is 72.8 cm³/mol. The minimum absolute atomic E-state index is 0.0744. The summed E-state index contributed by atoms with van der Waals surface area (Å²) in [5, 5.41) is 9.50. The molecule has 1 aliphatic carbocycles. The molecule has 3 heteroatoms. The molecule has 0 aliphatic heterocycles. The predicted octanol–water partition coefficient (Wildman–Crippen LogP) is 3.14. The molecule has 3 nitrogen and oxygen atoms in total. The van der Waals surface area contributed by atoms with E-state index in [2.05, 4.69) is 6.07 Å². The third-order valence-electron chi connectivity index (χ3n) is 4.08. The smallest absolute Gasteiger partial charge is 0.158 e. The van der Waals surface area contributed by atoms with Gasteiger partial charge in [-0.2, -0.15) is 5.26 Å². The Kier molecular flexibility index (Phi) is 3.36. The van der Waals surface area contributed by atoms with E-state index in [9.17, 15) is 10.1 Å². The molecule has 0 heterocycles. The van der Waals surface area contributed by atoms with Crippen LogP contribution in [0, 0.1) is 22.2 Å². The number of ketones is 1. The van der Waals surface area contributed by atoms with Gasteiger partial charge >= 0.3 is 0 Å². The van der Waals surface area contributed by atoms with Crippen molar-refractivity contribution >= 4 is 5.78 Å². The number of methoxy groups -OCH3 is 1. The average Bonchev–Trinajstić information content (AvgIpc) is 2.64. The van der Waals surface area contributed by atoms with E-state index in [1.54, 1.807) is 7.11 Å². The van der Waals surface area contributed by atoms with Crippen LogP contribution in [0.2, 0.25) is 0 Å². The minimum Gasteiger partial charge on any atom is -0.497 e. The highest BCUT2D eigenvalue weighted by Gasteiger charge is 2.52. The molecular weight excluding hydrogens is 238 g/mol. The van der Waals surface area contributed by atoms with E-state index < -0.39 is 5.41 Å². The molecule has 0 saturated heterocycles. The van der Waals surface area contributed by atoms with E-state index in [0.717, 1.165) is 17.7 Å². The number of carbonyl (C=O) groups is 1. The van der Waals surface area contributed by atoms with Crippen molar-refractivity contribution in [3.63, 3.8) is 0 Å². The molecule has 1 aromatic rings. The molecule has 0 N–H and O–H groups in total. The van der Waals surface area contributed by atoms with Gasteiger partial charge in [-0.3, -0.25) is 4.79 Å². The van der Waals surface area contributed by atoms with E-state index in [1.807, 2.05) is 38.1 Å². The van der Waals surface area contributed by atoms with E-state index in [-0.39, 0.29) is 11.2 Å². The summed E-state index contributed by atoms with van der Waals surface area (Å²) >= 11 is 0. The summed E-state index contributed by atoms with van der Waals surface area (Å²) < 4.78 is 5.19. The Balaban J connectivity index is 2.30. The summed E-state index contributed by atoms with van der Waals surface area (Å²) in [6, 6.07) is 9.88. The topological polar surface area (TPSA) is 50.1 Å². The lowest BCUT2D eigenvalue weighted by Gasteiger charge is -2.22. The van der Waals surface area contributed by atoms with Crippen LogP contribution in [0.15, 0.2) is 24.3 Å². The zero-order valence-corrected chi connectivity index (χ0v) is 11.7. The quantitative estimate of drug-likeness (QED) is 0.835. The standard InChI is InChI=1S/C16H19NO2/c1-15(2)7-8-16(11-17,14(15)18)10-12-5-4-6-13(9-12)19-3/h4-6,9H,7-8,10H2,1-3H3. The van der Waals surface area contributed by atoms with Crippen LogP contribution in [0.3, 0.4) is 0 Å². The number of nitriles is 1. The molecular formula is C16H19NO2. The Morgan fingerprint density at radius 2 is 2.11 bits per heavy atom. The first-order valence-electron chi connectivity index (χ1n) is 6.53. The number of ether oxygens (including phenoxy) is 1. The third-order valence-corrected chi connectivity index (χ3v) is 4.08. The van der Waals surface area contributed by atoms with Crippen LogP contribution in [0.1, 0.15) is 32.3 Å². The van der Waals surface area contributed by atoms with Gasteiger partial charge in [-0.1, -0.05) is 26.0 Å². The number of hydrogen-bond acceptors (Lipinski definition) is 3. The van der Waals surface area contributed by atoms with E-state index in [4.69, 9.17) is 4.74 Å². The summed E-state index contributed by atoms with van der Waals surface area (Å²) in [5.41, 5.74) is -0.267. The van der Waals surface area contributed by atoms with Gasteiger partial charge < -0.3 is 4.74 Å². The van der Waals surface area contributed by atoms with Gasteiger partial charge in [0, 0.05) is 5.41 Å². The molecule has 1 atom stereocenters. The molecule has 2 rings (SSSR count). The first kappa shape index (κ1) is 13.6. The SMILES string of the molecule is COc1cccc(CC2(C#N)CCC(C)(C)C2=O)c1. The molecule has 100 valence electrons. The van der Waals surface area contributed by atoms with Crippen molar-refractivity contribution in [2.75, 3.05) is 7.11 Å². The molecule has 1 saturated carbocycles. The summed E-state index contributed by atoms with van der Waals surface area (Å²) in [4.78, 5) is 12.5. The number of hydrogen-bond donors (Lipinski definition) is 0. The normalized spacial score (nSPS) is 25.1. The molecule has 0 amide bonds. The lowest BCUT2D eigenvalue weighted by atomic mass is 9.77. The van der Waals surface area contributed by atoms with Crippen molar-refractivity contribution in [1.82, 2.24) is 0 Å². The Hall–Kier alpha value is -1.82. The highest BCUT2D eigenvalue weighted by molar-refractivity contribution is 5.94. The Labute approximate surface area is 114 Å². The van der Waals surface area contributed by atoms with Gasteiger partial charge in [0.2, 0.25) is 0 Å². The summed E-state index contributed by atoms with van der Waals surface area (Å²) in [6.07, 6.45) is 1.90. The number of rotatable bonds is 3.